The third-order valence-corrected chi connectivity index (χ3v) is 7.66. The topological polar surface area (TPSA) is 66.5 Å². The number of nitrogens with one attached hydrogen (secondary N) is 1. The standard InChI is InChI=1S/C20H22N2O3S2/c1-14(23)22-11-12-26-20-10-9-16(13-19(20)22)27(24,25)21-18-8-4-6-15-5-2-3-7-17(15)18/h2-3,5,7,9-10,13,18,21H,4,6,8,11-12H2,1H3/t18-/m1/s1. The lowest BCUT2D eigenvalue weighted by Gasteiger charge is -2.29. The molecule has 0 radical (unpaired) electrons. The van der Waals surface area contributed by atoms with Gasteiger partial charge in [-0.15, -0.1) is 11.8 Å². The Bertz CT molecular complexity index is 988. The number of rotatable bonds is 3. The number of hydrogen-bond acceptors (Lipinski definition) is 4. The Morgan fingerprint density at radius 1 is 1.22 bits per heavy atom. The molecule has 0 saturated carbocycles. The lowest BCUT2D eigenvalue weighted by atomic mass is 9.88. The predicted molar refractivity (Wildman–Crippen MR) is 108 cm³/mol. The van der Waals surface area contributed by atoms with Crippen molar-refractivity contribution in [2.45, 2.75) is 42.0 Å². The zero-order valence-electron chi connectivity index (χ0n) is 15.1. The average molecular weight is 403 g/mol. The number of sulfonamides is 1. The summed E-state index contributed by atoms with van der Waals surface area (Å²) in [5.74, 6) is 0.746. The number of anilines is 1. The summed E-state index contributed by atoms with van der Waals surface area (Å²) in [5.41, 5.74) is 2.96. The minimum absolute atomic E-state index is 0.0692. The van der Waals surface area contributed by atoms with Crippen LogP contribution in [-0.4, -0.2) is 26.6 Å². The van der Waals surface area contributed by atoms with Crippen molar-refractivity contribution in [2.75, 3.05) is 17.2 Å². The third kappa shape index (κ3) is 3.63. The highest BCUT2D eigenvalue weighted by Gasteiger charge is 2.28. The van der Waals surface area contributed by atoms with E-state index in [-0.39, 0.29) is 16.8 Å². The lowest BCUT2D eigenvalue weighted by Crippen LogP contribution is -2.34. The van der Waals surface area contributed by atoms with Crippen LogP contribution >= 0.6 is 11.8 Å². The van der Waals surface area contributed by atoms with Gasteiger partial charge in [-0.2, -0.15) is 0 Å². The van der Waals surface area contributed by atoms with E-state index in [2.05, 4.69) is 10.8 Å². The van der Waals surface area contributed by atoms with E-state index in [1.807, 2.05) is 18.2 Å². The lowest BCUT2D eigenvalue weighted by molar-refractivity contribution is -0.116. The molecule has 2 aromatic carbocycles. The van der Waals surface area contributed by atoms with Gasteiger partial charge in [0, 0.05) is 30.2 Å². The average Bonchev–Trinajstić information content (AvgIpc) is 2.67. The highest BCUT2D eigenvalue weighted by Crippen LogP contribution is 2.37. The van der Waals surface area contributed by atoms with Gasteiger partial charge in [-0.25, -0.2) is 13.1 Å². The molecule has 1 N–H and O–H groups in total. The van der Waals surface area contributed by atoms with E-state index < -0.39 is 10.0 Å². The molecule has 2 aliphatic rings. The van der Waals surface area contributed by atoms with Crippen LogP contribution in [0.1, 0.15) is 36.9 Å². The van der Waals surface area contributed by atoms with E-state index >= 15 is 0 Å². The molecule has 4 rings (SSSR count). The summed E-state index contributed by atoms with van der Waals surface area (Å²) in [4.78, 5) is 14.7. The summed E-state index contributed by atoms with van der Waals surface area (Å²) < 4.78 is 29.0. The maximum atomic E-state index is 13.1. The second-order valence-electron chi connectivity index (χ2n) is 6.91. The minimum atomic E-state index is -3.68. The SMILES string of the molecule is CC(=O)N1CCSc2ccc(S(=O)(=O)N[C@@H]3CCCc4ccccc43)cc21. The smallest absolute Gasteiger partial charge is 0.241 e. The molecule has 1 aliphatic heterocycles. The summed E-state index contributed by atoms with van der Waals surface area (Å²) in [7, 11) is -3.68. The number of hydrogen-bond donors (Lipinski definition) is 1. The first kappa shape index (κ1) is 18.5. The van der Waals surface area contributed by atoms with E-state index in [9.17, 15) is 13.2 Å². The summed E-state index contributed by atoms with van der Waals surface area (Å²) >= 11 is 1.65. The van der Waals surface area contributed by atoms with E-state index in [1.165, 1.54) is 12.5 Å². The molecule has 0 unspecified atom stereocenters. The van der Waals surface area contributed by atoms with Crippen molar-refractivity contribution in [1.29, 1.82) is 0 Å². The molecule has 1 aliphatic carbocycles. The summed E-state index contributed by atoms with van der Waals surface area (Å²) in [5, 5.41) is 0. The summed E-state index contributed by atoms with van der Waals surface area (Å²) in [6.07, 6.45) is 2.73. The molecule has 0 saturated heterocycles. The molecule has 1 atom stereocenters. The highest BCUT2D eigenvalue weighted by molar-refractivity contribution is 7.99. The largest absolute Gasteiger partial charge is 0.311 e. The van der Waals surface area contributed by atoms with Crippen LogP contribution in [0.25, 0.3) is 0 Å². The van der Waals surface area contributed by atoms with Gasteiger partial charge >= 0.3 is 0 Å². The van der Waals surface area contributed by atoms with Crippen LogP contribution in [0, 0.1) is 0 Å². The second-order valence-corrected chi connectivity index (χ2v) is 9.76. The van der Waals surface area contributed by atoms with Gasteiger partial charge in [0.1, 0.15) is 0 Å². The molecule has 0 fully saturated rings. The molecule has 7 heteroatoms. The number of nitrogens with zero attached hydrogens (tertiary/aromatic N) is 1. The molecule has 1 amide bonds. The Hall–Kier alpha value is -1.83. The number of fused-ring (bicyclic) bond motifs is 2. The van der Waals surface area contributed by atoms with Gasteiger partial charge in [0.2, 0.25) is 15.9 Å². The maximum Gasteiger partial charge on any atom is 0.241 e. The van der Waals surface area contributed by atoms with E-state index in [0.717, 1.165) is 35.5 Å². The highest BCUT2D eigenvalue weighted by atomic mass is 32.2. The number of aryl methyl sites for hydroxylation is 1. The molecular formula is C20H22N2O3S2. The van der Waals surface area contributed by atoms with Crippen LogP contribution in [0.15, 0.2) is 52.3 Å². The maximum absolute atomic E-state index is 13.1. The normalized spacial score (nSPS) is 19.3. The third-order valence-electron chi connectivity index (χ3n) is 5.15. The Balaban J connectivity index is 1.66. The monoisotopic (exact) mass is 402 g/mol. The van der Waals surface area contributed by atoms with Crippen molar-refractivity contribution in [3.63, 3.8) is 0 Å². The molecule has 142 valence electrons. The zero-order valence-corrected chi connectivity index (χ0v) is 16.8. The fourth-order valence-electron chi connectivity index (χ4n) is 3.82. The Morgan fingerprint density at radius 3 is 2.85 bits per heavy atom. The Kier molecular flexibility index (Phi) is 5.01. The van der Waals surface area contributed by atoms with Crippen molar-refractivity contribution in [3.8, 4) is 0 Å². The first-order valence-corrected chi connectivity index (χ1v) is 11.6. The van der Waals surface area contributed by atoms with Gasteiger partial charge in [0.25, 0.3) is 0 Å². The van der Waals surface area contributed by atoms with Gasteiger partial charge in [-0.1, -0.05) is 24.3 Å². The van der Waals surface area contributed by atoms with Crippen molar-refractivity contribution in [3.05, 3.63) is 53.6 Å². The van der Waals surface area contributed by atoms with E-state index in [1.54, 1.807) is 34.9 Å². The second kappa shape index (κ2) is 7.30. The van der Waals surface area contributed by atoms with Gasteiger partial charge < -0.3 is 4.90 Å². The number of carbonyl (C=O) groups excluding carboxylic acids is 1. The van der Waals surface area contributed by atoms with Crippen LogP contribution in [0.4, 0.5) is 5.69 Å². The fourth-order valence-corrected chi connectivity index (χ4v) is 6.07. The molecule has 0 bridgehead atoms. The van der Waals surface area contributed by atoms with Crippen molar-refractivity contribution >= 4 is 33.4 Å². The van der Waals surface area contributed by atoms with Gasteiger partial charge in [-0.3, -0.25) is 4.79 Å². The van der Waals surface area contributed by atoms with Crippen LogP contribution in [-0.2, 0) is 21.2 Å². The van der Waals surface area contributed by atoms with Crippen molar-refractivity contribution < 1.29 is 13.2 Å². The Labute approximate surface area is 164 Å². The molecule has 1 heterocycles. The first-order valence-electron chi connectivity index (χ1n) is 9.11. The fraction of sp³-hybridized carbons (Fsp3) is 0.350. The number of thioether (sulfide) groups is 1. The quantitative estimate of drug-likeness (QED) is 0.853. The zero-order chi connectivity index (χ0) is 19.0. The van der Waals surface area contributed by atoms with Crippen LogP contribution in [0.2, 0.25) is 0 Å². The summed E-state index contributed by atoms with van der Waals surface area (Å²) in [6, 6.07) is 12.9. The molecule has 2 aromatic rings. The van der Waals surface area contributed by atoms with E-state index in [0.29, 0.717) is 12.2 Å². The van der Waals surface area contributed by atoms with Gasteiger partial charge in [-0.05, 0) is 48.6 Å². The van der Waals surface area contributed by atoms with Gasteiger partial charge in [0.05, 0.1) is 10.6 Å². The Morgan fingerprint density at radius 2 is 2.04 bits per heavy atom. The number of carbonyl (C=O) groups is 1. The molecule has 0 spiro atoms. The van der Waals surface area contributed by atoms with Crippen LogP contribution in [0.5, 0.6) is 0 Å². The van der Waals surface area contributed by atoms with Crippen LogP contribution in [0.3, 0.4) is 0 Å². The summed E-state index contributed by atoms with van der Waals surface area (Å²) in [6.45, 7) is 2.11. The minimum Gasteiger partial charge on any atom is -0.311 e. The van der Waals surface area contributed by atoms with Gasteiger partial charge in [0.15, 0.2) is 0 Å². The molecule has 5 nitrogen and oxygen atoms in total. The van der Waals surface area contributed by atoms with Crippen LogP contribution < -0.4 is 9.62 Å². The molecule has 0 aromatic heterocycles. The van der Waals surface area contributed by atoms with Crippen molar-refractivity contribution in [2.24, 2.45) is 0 Å². The number of amides is 1. The molecule has 27 heavy (non-hydrogen) atoms. The van der Waals surface area contributed by atoms with Crippen molar-refractivity contribution in [1.82, 2.24) is 4.72 Å². The molecular weight excluding hydrogens is 380 g/mol. The first-order chi connectivity index (χ1) is 13.0. The van der Waals surface area contributed by atoms with E-state index in [4.69, 9.17) is 0 Å². The predicted octanol–water partition coefficient (Wildman–Crippen LogP) is 3.50. The number of benzene rings is 2.